The number of rotatable bonds is 7. The molecule has 0 amide bonds. The maximum Gasteiger partial charge on any atom is 0.332 e. The van der Waals surface area contributed by atoms with Gasteiger partial charge in [0, 0.05) is 0 Å². The minimum atomic E-state index is -0.286. The summed E-state index contributed by atoms with van der Waals surface area (Å²) < 4.78 is 10.9. The Morgan fingerprint density at radius 1 is 1.21 bits per heavy atom. The molecule has 78 valence electrons. The van der Waals surface area contributed by atoms with Gasteiger partial charge >= 0.3 is 5.97 Å². The summed E-state index contributed by atoms with van der Waals surface area (Å²) in [6.07, 6.45) is 2.57. The van der Waals surface area contributed by atoms with Crippen LogP contribution in [0, 0.1) is 0 Å². The molecule has 0 heterocycles. The zero-order valence-electron chi connectivity index (χ0n) is 9.14. The molecule has 0 aliphatic heterocycles. The third kappa shape index (κ3) is 4.73. The number of carbonyl (C=O) groups excluding carboxylic acids is 1. The predicted molar refractivity (Wildman–Crippen MR) is 73.7 cm³/mol. The van der Waals surface area contributed by atoms with Crippen molar-refractivity contribution in [2.45, 2.75) is 24.6 Å². The monoisotopic (exact) mass is 308 g/mol. The second-order valence-corrected chi connectivity index (χ2v) is 3.80. The Morgan fingerprint density at radius 3 is 2.07 bits per heavy atom. The molecule has 0 aliphatic rings. The fraction of sp³-hybridized carbons (Fsp3) is 0.857. The highest BCUT2D eigenvalue weighted by molar-refractivity contribution is 14.1. The Labute approximate surface area is 102 Å². The zero-order valence-corrected chi connectivity index (χ0v) is 11.3. The molecule has 3 nitrogen and oxygen atoms in total. The first-order valence-electron chi connectivity index (χ1n) is 4.99. The van der Waals surface area contributed by atoms with Crippen molar-refractivity contribution in [3.8, 4) is 0 Å². The summed E-state index contributed by atoms with van der Waals surface area (Å²) in [5.41, 5.74) is -0.286. The molecule has 0 spiro atoms. The predicted octanol–water partition coefficient (Wildman–Crippen LogP) is -1.17. The van der Waals surface area contributed by atoms with E-state index in [4.69, 9.17) is 9.47 Å². The summed E-state index contributed by atoms with van der Waals surface area (Å²) in [5, 5.41) is 0. The molecule has 0 atom stereocenters. The van der Waals surface area contributed by atoms with Gasteiger partial charge in [-0.1, -0.05) is 22.6 Å². The molecule has 0 saturated heterocycles. The molecule has 0 unspecified atom stereocenters. The minimum Gasteiger partial charge on any atom is -0.460 e. The lowest BCUT2D eigenvalue weighted by atomic mass is 9.70. The van der Waals surface area contributed by atoms with Crippen LogP contribution >= 0.6 is 22.6 Å². The summed E-state index contributed by atoms with van der Waals surface area (Å²) in [4.78, 5) is 11.3. The molecule has 0 aliphatic carbocycles. The van der Waals surface area contributed by atoms with Crippen LogP contribution in [0.5, 0.6) is 0 Å². The average Bonchev–Trinajstić information content (AvgIpc) is 2.23. The van der Waals surface area contributed by atoms with Crippen LogP contribution in [-0.2, 0) is 14.3 Å². The summed E-state index contributed by atoms with van der Waals surface area (Å²) in [5.74, 6) is -0.257. The fourth-order valence-electron chi connectivity index (χ4n) is 1.36. The highest BCUT2D eigenvalue weighted by Gasteiger charge is 2.27. The van der Waals surface area contributed by atoms with Crippen LogP contribution in [-0.4, -0.2) is 46.3 Å². The quantitative estimate of drug-likeness (QED) is 0.257. The van der Waals surface area contributed by atoms with E-state index in [0.717, 1.165) is 19.0 Å². The second kappa shape index (κ2) is 7.62. The number of halogens is 1. The molecule has 7 heteroatoms. The lowest BCUT2D eigenvalue weighted by Crippen LogP contribution is -2.35. The van der Waals surface area contributed by atoms with Crippen molar-refractivity contribution in [2.75, 3.05) is 11.2 Å². The third-order valence-corrected chi connectivity index (χ3v) is 3.00. The maximum atomic E-state index is 11.3. The van der Waals surface area contributed by atoms with Crippen LogP contribution in [0.4, 0.5) is 0 Å². The summed E-state index contributed by atoms with van der Waals surface area (Å²) in [6.45, 7) is 0.0602. The van der Waals surface area contributed by atoms with E-state index < -0.39 is 0 Å². The third-order valence-electron chi connectivity index (χ3n) is 2.56. The molecular weight excluding hydrogens is 291 g/mol. The minimum absolute atomic E-state index is 0.0602. The molecular formula is C7H16B3IO3. The first kappa shape index (κ1) is 14.4. The Bertz CT molecular complexity index is 167. The highest BCUT2D eigenvalue weighted by Crippen LogP contribution is 2.23. The molecule has 0 bridgehead atoms. The van der Waals surface area contributed by atoms with E-state index in [1.54, 1.807) is 0 Å². The van der Waals surface area contributed by atoms with Gasteiger partial charge in [-0.3, -0.25) is 0 Å². The van der Waals surface area contributed by atoms with Crippen molar-refractivity contribution in [3.63, 3.8) is 0 Å². The van der Waals surface area contributed by atoms with Crippen molar-refractivity contribution in [1.29, 1.82) is 0 Å². The molecule has 0 aromatic heterocycles. The van der Waals surface area contributed by atoms with E-state index >= 15 is 0 Å². The van der Waals surface area contributed by atoms with E-state index in [9.17, 15) is 4.79 Å². The normalized spacial score (nSPS) is 11.2. The van der Waals surface area contributed by atoms with Gasteiger partial charge in [-0.2, -0.15) is 0 Å². The molecule has 0 radical (unpaired) electrons. The Hall–Kier alpha value is 0.355. The van der Waals surface area contributed by atoms with Gasteiger partial charge in [0.1, 0.15) is 30.1 Å². The first-order valence-corrected chi connectivity index (χ1v) is 6.52. The molecule has 0 aromatic rings. The molecule has 0 saturated carbocycles. The molecule has 0 fully saturated rings. The van der Waals surface area contributed by atoms with Crippen LogP contribution in [0.3, 0.4) is 0 Å². The van der Waals surface area contributed by atoms with Gasteiger partial charge in [-0.05, 0) is 19.0 Å². The lowest BCUT2D eigenvalue weighted by molar-refractivity contribution is -0.159. The summed E-state index contributed by atoms with van der Waals surface area (Å²) >= 11 is 2.06. The SMILES string of the molecule is BCC(CB)(CB)OC(=O)COCI. The molecule has 14 heavy (non-hydrogen) atoms. The van der Waals surface area contributed by atoms with Crippen molar-refractivity contribution >= 4 is 52.1 Å². The maximum absolute atomic E-state index is 11.3. The summed E-state index contributed by atoms with van der Waals surface area (Å²) in [7, 11) is 6.12. The van der Waals surface area contributed by atoms with Gasteiger partial charge in [-0.15, -0.1) is 0 Å². The lowest BCUT2D eigenvalue weighted by Gasteiger charge is -2.30. The van der Waals surface area contributed by atoms with Crippen molar-refractivity contribution in [3.05, 3.63) is 0 Å². The van der Waals surface area contributed by atoms with E-state index in [1.807, 2.05) is 23.5 Å². The van der Waals surface area contributed by atoms with Gasteiger partial charge in [0.2, 0.25) is 0 Å². The van der Waals surface area contributed by atoms with Gasteiger partial charge in [-0.25, -0.2) is 4.79 Å². The number of ether oxygens (including phenoxy) is 2. The largest absolute Gasteiger partial charge is 0.460 e. The number of carbonyl (C=O) groups is 1. The Morgan fingerprint density at radius 2 is 1.71 bits per heavy atom. The van der Waals surface area contributed by atoms with E-state index in [1.165, 1.54) is 0 Å². The Kier molecular flexibility index (Phi) is 7.81. The molecule has 0 rings (SSSR count). The highest BCUT2D eigenvalue weighted by atomic mass is 127. The number of alkyl halides is 1. The zero-order chi connectivity index (χ0) is 11.0. The topological polar surface area (TPSA) is 35.5 Å². The number of hydrogen-bond donors (Lipinski definition) is 0. The van der Waals surface area contributed by atoms with Crippen LogP contribution in [0.15, 0.2) is 0 Å². The van der Waals surface area contributed by atoms with Crippen LogP contribution in [0.2, 0.25) is 19.0 Å². The Balaban J connectivity index is 4.08. The van der Waals surface area contributed by atoms with Gasteiger partial charge < -0.3 is 9.47 Å². The number of hydrogen-bond acceptors (Lipinski definition) is 3. The van der Waals surface area contributed by atoms with Crippen LogP contribution in [0.25, 0.3) is 0 Å². The average molecular weight is 308 g/mol. The summed E-state index contributed by atoms with van der Waals surface area (Å²) in [6, 6.07) is 0. The second-order valence-electron chi connectivity index (χ2n) is 3.18. The van der Waals surface area contributed by atoms with Crippen molar-refractivity contribution < 1.29 is 14.3 Å². The van der Waals surface area contributed by atoms with Gasteiger partial charge in [0.25, 0.3) is 0 Å². The van der Waals surface area contributed by atoms with Crippen molar-refractivity contribution in [2.24, 2.45) is 0 Å². The van der Waals surface area contributed by atoms with E-state index in [2.05, 4.69) is 22.6 Å². The number of esters is 1. The van der Waals surface area contributed by atoms with E-state index in [-0.39, 0.29) is 18.2 Å². The smallest absolute Gasteiger partial charge is 0.332 e. The fourth-order valence-corrected chi connectivity index (χ4v) is 1.58. The standard InChI is InChI=1S/C7H16B3IO3/c8-2-7(3-9,4-10)14-6(12)1-13-5-11/h1-5,8-10H2. The van der Waals surface area contributed by atoms with Crippen LogP contribution < -0.4 is 0 Å². The van der Waals surface area contributed by atoms with Crippen LogP contribution in [0.1, 0.15) is 0 Å². The molecule has 0 N–H and O–H groups in total. The van der Waals surface area contributed by atoms with Gasteiger partial charge in [0.15, 0.2) is 0 Å². The molecule has 0 aromatic carbocycles. The van der Waals surface area contributed by atoms with Crippen molar-refractivity contribution in [1.82, 2.24) is 0 Å². The van der Waals surface area contributed by atoms with Gasteiger partial charge in [0.05, 0.1) is 10.2 Å². The van der Waals surface area contributed by atoms with E-state index in [0.29, 0.717) is 4.61 Å². The first-order chi connectivity index (χ1) is 6.64.